The number of sulfonamides is 1. The standard InChI is InChI=1S/C23H27N3O3S/c1-25-14-5-8-22(25)23(26-15-13-18-6-3-4-7-19(18)17-26)16-24-30(27,28)21-11-9-20(29-2)10-12-21/h3-12,14,23-24H,13,15-17H2,1-2H3. The summed E-state index contributed by atoms with van der Waals surface area (Å²) in [7, 11) is -0.0682. The maximum atomic E-state index is 12.9. The van der Waals surface area contributed by atoms with Crippen LogP contribution in [0, 0.1) is 0 Å². The van der Waals surface area contributed by atoms with Crippen molar-refractivity contribution in [2.75, 3.05) is 20.2 Å². The topological polar surface area (TPSA) is 63.6 Å². The molecule has 1 atom stereocenters. The predicted octanol–water partition coefficient (Wildman–Crippen LogP) is 3.11. The molecule has 0 fully saturated rings. The second-order valence-electron chi connectivity index (χ2n) is 7.58. The molecule has 1 aliphatic heterocycles. The third kappa shape index (κ3) is 4.28. The molecule has 4 rings (SSSR count). The van der Waals surface area contributed by atoms with E-state index in [1.165, 1.54) is 11.1 Å². The lowest BCUT2D eigenvalue weighted by Crippen LogP contribution is -2.41. The normalized spacial score (nSPS) is 15.5. The Labute approximate surface area is 178 Å². The lowest BCUT2D eigenvalue weighted by Gasteiger charge is -2.36. The van der Waals surface area contributed by atoms with Crippen LogP contribution in [0.1, 0.15) is 22.9 Å². The van der Waals surface area contributed by atoms with Crippen LogP contribution in [0.2, 0.25) is 0 Å². The summed E-state index contributed by atoms with van der Waals surface area (Å²) < 4.78 is 35.8. The van der Waals surface area contributed by atoms with Crippen molar-refractivity contribution >= 4 is 10.0 Å². The molecule has 1 unspecified atom stereocenters. The minimum absolute atomic E-state index is 0.0635. The summed E-state index contributed by atoms with van der Waals surface area (Å²) in [5.74, 6) is 0.627. The highest BCUT2D eigenvalue weighted by molar-refractivity contribution is 7.89. The van der Waals surface area contributed by atoms with Gasteiger partial charge in [-0.2, -0.15) is 0 Å². The summed E-state index contributed by atoms with van der Waals surface area (Å²) in [5.41, 5.74) is 3.77. The molecule has 2 aromatic carbocycles. The number of nitrogens with one attached hydrogen (secondary N) is 1. The van der Waals surface area contributed by atoms with E-state index in [2.05, 4.69) is 44.5 Å². The quantitative estimate of drug-likeness (QED) is 0.632. The summed E-state index contributed by atoms with van der Waals surface area (Å²) in [6.07, 6.45) is 2.96. The van der Waals surface area contributed by atoms with Gasteiger partial charge in [-0.05, 0) is 53.9 Å². The van der Waals surface area contributed by atoms with E-state index in [0.717, 1.165) is 25.2 Å². The van der Waals surface area contributed by atoms with Crippen molar-refractivity contribution in [2.24, 2.45) is 7.05 Å². The fraction of sp³-hybridized carbons (Fsp3) is 0.304. The fourth-order valence-electron chi connectivity index (χ4n) is 4.05. The van der Waals surface area contributed by atoms with Crippen LogP contribution in [0.4, 0.5) is 0 Å². The van der Waals surface area contributed by atoms with Gasteiger partial charge in [0.1, 0.15) is 5.75 Å². The van der Waals surface area contributed by atoms with Gasteiger partial charge in [0.2, 0.25) is 10.0 Å². The SMILES string of the molecule is COc1ccc(S(=O)(=O)NCC(c2cccn2C)N2CCc3ccccc3C2)cc1. The minimum atomic E-state index is -3.62. The Bertz CT molecular complexity index is 1110. The van der Waals surface area contributed by atoms with E-state index in [9.17, 15) is 8.42 Å². The van der Waals surface area contributed by atoms with Gasteiger partial charge >= 0.3 is 0 Å². The highest BCUT2D eigenvalue weighted by Gasteiger charge is 2.28. The second-order valence-corrected chi connectivity index (χ2v) is 9.34. The average molecular weight is 426 g/mol. The monoisotopic (exact) mass is 425 g/mol. The largest absolute Gasteiger partial charge is 0.497 e. The van der Waals surface area contributed by atoms with E-state index in [4.69, 9.17) is 4.74 Å². The van der Waals surface area contributed by atoms with Gasteiger partial charge < -0.3 is 9.30 Å². The van der Waals surface area contributed by atoms with E-state index < -0.39 is 10.0 Å². The molecule has 1 aromatic heterocycles. The third-order valence-electron chi connectivity index (χ3n) is 5.76. The molecular weight excluding hydrogens is 398 g/mol. The Morgan fingerprint density at radius 3 is 2.43 bits per heavy atom. The highest BCUT2D eigenvalue weighted by Crippen LogP contribution is 2.28. The number of methoxy groups -OCH3 is 1. The Hall–Kier alpha value is -2.61. The van der Waals surface area contributed by atoms with Crippen LogP contribution >= 0.6 is 0 Å². The average Bonchev–Trinajstić information content (AvgIpc) is 3.19. The molecule has 0 aliphatic carbocycles. The molecule has 1 N–H and O–H groups in total. The van der Waals surface area contributed by atoms with Gasteiger partial charge in [0, 0.05) is 38.6 Å². The summed E-state index contributed by atoms with van der Waals surface area (Å²) >= 11 is 0. The number of nitrogens with zero attached hydrogens (tertiary/aromatic N) is 2. The van der Waals surface area contributed by atoms with Crippen LogP contribution in [-0.4, -0.2) is 38.1 Å². The maximum absolute atomic E-state index is 12.9. The van der Waals surface area contributed by atoms with Crippen LogP contribution in [-0.2, 0) is 30.0 Å². The van der Waals surface area contributed by atoms with Crippen molar-refractivity contribution in [2.45, 2.75) is 23.9 Å². The van der Waals surface area contributed by atoms with Crippen molar-refractivity contribution in [3.05, 3.63) is 83.7 Å². The van der Waals surface area contributed by atoms with Crippen LogP contribution in [0.25, 0.3) is 0 Å². The molecule has 0 saturated heterocycles. The molecule has 2 heterocycles. The van der Waals surface area contributed by atoms with Crippen molar-refractivity contribution < 1.29 is 13.2 Å². The van der Waals surface area contributed by atoms with Gasteiger partial charge in [-0.1, -0.05) is 24.3 Å². The summed E-state index contributed by atoms with van der Waals surface area (Å²) in [5, 5.41) is 0. The lowest BCUT2D eigenvalue weighted by molar-refractivity contribution is 0.174. The fourth-order valence-corrected chi connectivity index (χ4v) is 5.09. The summed E-state index contributed by atoms with van der Waals surface area (Å²) in [6.45, 7) is 1.99. The first-order valence-electron chi connectivity index (χ1n) is 10.0. The van der Waals surface area contributed by atoms with Gasteiger partial charge in [-0.15, -0.1) is 0 Å². The molecular formula is C23H27N3O3S. The lowest BCUT2D eigenvalue weighted by atomic mass is 9.98. The molecule has 0 amide bonds. The molecule has 3 aromatic rings. The first kappa shape index (κ1) is 20.7. The second kappa shape index (κ2) is 8.63. The molecule has 0 spiro atoms. The van der Waals surface area contributed by atoms with Crippen molar-refractivity contribution in [3.63, 3.8) is 0 Å². The number of fused-ring (bicyclic) bond motifs is 1. The van der Waals surface area contributed by atoms with E-state index >= 15 is 0 Å². The van der Waals surface area contributed by atoms with Crippen LogP contribution in [0.3, 0.4) is 0 Å². The van der Waals surface area contributed by atoms with Gasteiger partial charge in [-0.25, -0.2) is 13.1 Å². The van der Waals surface area contributed by atoms with E-state index in [1.54, 1.807) is 31.4 Å². The number of ether oxygens (including phenoxy) is 1. The zero-order valence-corrected chi connectivity index (χ0v) is 18.1. The first-order chi connectivity index (χ1) is 14.5. The number of benzene rings is 2. The van der Waals surface area contributed by atoms with Gasteiger partial charge in [0.15, 0.2) is 0 Å². The van der Waals surface area contributed by atoms with Crippen molar-refractivity contribution in [3.8, 4) is 5.75 Å². The van der Waals surface area contributed by atoms with Crippen LogP contribution in [0.15, 0.2) is 71.8 Å². The smallest absolute Gasteiger partial charge is 0.240 e. The Morgan fingerprint density at radius 2 is 1.77 bits per heavy atom. The molecule has 30 heavy (non-hydrogen) atoms. The van der Waals surface area contributed by atoms with Crippen molar-refractivity contribution in [1.82, 2.24) is 14.2 Å². The van der Waals surface area contributed by atoms with E-state index in [0.29, 0.717) is 12.3 Å². The summed E-state index contributed by atoms with van der Waals surface area (Å²) in [6, 6.07) is 18.9. The zero-order chi connectivity index (χ0) is 21.1. The molecule has 7 heteroatoms. The molecule has 1 aliphatic rings. The van der Waals surface area contributed by atoms with E-state index in [1.807, 2.05) is 19.3 Å². The molecule has 6 nitrogen and oxygen atoms in total. The number of hydrogen-bond acceptors (Lipinski definition) is 4. The number of aryl methyl sites for hydroxylation is 1. The number of aromatic nitrogens is 1. The molecule has 0 bridgehead atoms. The number of hydrogen-bond donors (Lipinski definition) is 1. The number of rotatable bonds is 7. The predicted molar refractivity (Wildman–Crippen MR) is 117 cm³/mol. The van der Waals surface area contributed by atoms with Gasteiger partial charge in [0.25, 0.3) is 0 Å². The Balaban J connectivity index is 1.56. The van der Waals surface area contributed by atoms with Gasteiger partial charge in [-0.3, -0.25) is 4.90 Å². The maximum Gasteiger partial charge on any atom is 0.240 e. The van der Waals surface area contributed by atoms with E-state index in [-0.39, 0.29) is 10.9 Å². The molecule has 0 radical (unpaired) electrons. The van der Waals surface area contributed by atoms with Crippen LogP contribution < -0.4 is 9.46 Å². The Kier molecular flexibility index (Phi) is 5.94. The highest BCUT2D eigenvalue weighted by atomic mass is 32.2. The Morgan fingerprint density at radius 1 is 1.03 bits per heavy atom. The molecule has 0 saturated carbocycles. The van der Waals surface area contributed by atoms with Crippen LogP contribution in [0.5, 0.6) is 5.75 Å². The summed E-state index contributed by atoms with van der Waals surface area (Å²) in [4.78, 5) is 2.59. The molecule has 158 valence electrons. The van der Waals surface area contributed by atoms with Crippen molar-refractivity contribution in [1.29, 1.82) is 0 Å². The zero-order valence-electron chi connectivity index (χ0n) is 17.3. The first-order valence-corrected chi connectivity index (χ1v) is 11.5. The van der Waals surface area contributed by atoms with Gasteiger partial charge in [0.05, 0.1) is 18.0 Å². The third-order valence-corrected chi connectivity index (χ3v) is 7.20. The minimum Gasteiger partial charge on any atom is -0.497 e.